The molecule has 250 valence electrons. The number of aromatic nitrogens is 8. The first-order chi connectivity index (χ1) is 24.1. The van der Waals surface area contributed by atoms with Gasteiger partial charge in [-0.3, -0.25) is 18.7 Å². The van der Waals surface area contributed by atoms with Crippen molar-refractivity contribution in [1.82, 2.24) is 39.5 Å². The maximum atomic E-state index is 15.0. The molecule has 0 spiro atoms. The number of nitrogens with one attached hydrogen (secondary N) is 2. The van der Waals surface area contributed by atoms with Crippen LogP contribution in [0.1, 0.15) is 47.3 Å². The lowest BCUT2D eigenvalue weighted by atomic mass is 10.1. The van der Waals surface area contributed by atoms with Crippen molar-refractivity contribution in [3.8, 4) is 17.4 Å². The summed E-state index contributed by atoms with van der Waals surface area (Å²) in [6.07, 6.45) is 9.17. The van der Waals surface area contributed by atoms with Gasteiger partial charge in [-0.05, 0) is 42.5 Å². The molecule has 0 atom stereocenters. The molecule has 0 saturated heterocycles. The van der Waals surface area contributed by atoms with E-state index in [4.69, 9.17) is 4.74 Å². The molecule has 6 aromatic rings. The van der Waals surface area contributed by atoms with Crippen LogP contribution in [0.25, 0.3) is 11.6 Å². The van der Waals surface area contributed by atoms with Gasteiger partial charge in [0.1, 0.15) is 25.1 Å². The quantitative estimate of drug-likeness (QED) is 0.154. The summed E-state index contributed by atoms with van der Waals surface area (Å²) in [5.74, 6) is -7.02. The van der Waals surface area contributed by atoms with Crippen molar-refractivity contribution in [3.05, 3.63) is 126 Å². The molecule has 0 bridgehead atoms. The van der Waals surface area contributed by atoms with Crippen LogP contribution in [0, 0.1) is 11.6 Å². The molecular weight excluding hydrogens is 662 g/mol. The van der Waals surface area contributed by atoms with Gasteiger partial charge in [-0.1, -0.05) is 0 Å². The number of carbonyl (C=O) groups excluding carboxylic acids is 2. The van der Waals surface area contributed by atoms with Crippen LogP contribution in [0.15, 0.2) is 86.0 Å². The van der Waals surface area contributed by atoms with Gasteiger partial charge in [0.2, 0.25) is 0 Å². The minimum Gasteiger partial charge on any atom is -0.486 e. The van der Waals surface area contributed by atoms with Crippen LogP contribution in [-0.4, -0.2) is 73.5 Å². The highest BCUT2D eigenvalue weighted by molar-refractivity contribution is 6.07. The third kappa shape index (κ3) is 6.95. The molecule has 2 aromatic carbocycles. The first-order valence-corrected chi connectivity index (χ1v) is 14.1. The fourth-order valence-electron chi connectivity index (χ4n) is 4.44. The van der Waals surface area contributed by atoms with Gasteiger partial charge in [-0.15, -0.1) is 20.4 Å². The molecule has 4 heterocycles. The van der Waals surface area contributed by atoms with Gasteiger partial charge >= 0.3 is 11.9 Å². The molecule has 0 fully saturated rings. The molecule has 0 aliphatic heterocycles. The Kier molecular flexibility index (Phi) is 8.93. The summed E-state index contributed by atoms with van der Waals surface area (Å²) in [6.45, 7) is -0.716. The Bertz CT molecular complexity index is 2070. The molecular formula is C31H20F2N10O7. The highest BCUT2D eigenvalue weighted by Crippen LogP contribution is 2.29. The van der Waals surface area contributed by atoms with E-state index < -0.39 is 58.9 Å². The van der Waals surface area contributed by atoms with Gasteiger partial charge in [0.25, 0.3) is 11.8 Å². The Morgan fingerprint density at radius 2 is 1.18 bits per heavy atom. The average Bonchev–Trinajstić information content (AvgIpc) is 3.85. The van der Waals surface area contributed by atoms with Gasteiger partial charge in [-0.25, -0.2) is 28.3 Å². The van der Waals surface area contributed by atoms with Crippen LogP contribution in [0.3, 0.4) is 0 Å². The van der Waals surface area contributed by atoms with Gasteiger partial charge in [0, 0.05) is 36.4 Å². The second-order valence-electron chi connectivity index (χ2n) is 10.1. The van der Waals surface area contributed by atoms with Crippen molar-refractivity contribution in [1.29, 1.82) is 0 Å². The van der Waals surface area contributed by atoms with E-state index in [0.717, 1.165) is 12.1 Å². The van der Waals surface area contributed by atoms with Gasteiger partial charge in [0.15, 0.2) is 34.6 Å². The predicted octanol–water partition coefficient (Wildman–Crippen LogP) is 3.40. The van der Waals surface area contributed by atoms with E-state index >= 15 is 4.39 Å². The minimum absolute atomic E-state index is 0.192. The van der Waals surface area contributed by atoms with E-state index in [2.05, 4.69) is 41.0 Å². The number of carboxylic acid groups (broad SMARTS) is 2. The zero-order valence-corrected chi connectivity index (χ0v) is 25.1. The first kappa shape index (κ1) is 32.5. The largest absolute Gasteiger partial charge is 0.486 e. The molecule has 50 heavy (non-hydrogen) atoms. The fourth-order valence-corrected chi connectivity index (χ4v) is 4.44. The highest BCUT2D eigenvalue weighted by Gasteiger charge is 2.22. The van der Waals surface area contributed by atoms with Gasteiger partial charge in [0.05, 0.1) is 22.5 Å². The number of ether oxygens (including phenoxy) is 1. The average molecular weight is 683 g/mol. The topological polar surface area (TPSA) is 229 Å². The molecule has 6 rings (SSSR count). The first-order valence-electron chi connectivity index (χ1n) is 14.1. The number of aromatic carboxylic acids is 2. The number of carbonyl (C=O) groups is 4. The van der Waals surface area contributed by atoms with Crippen LogP contribution < -0.4 is 15.4 Å². The summed E-state index contributed by atoms with van der Waals surface area (Å²) in [5.41, 5.74) is -2.66. The minimum atomic E-state index is -1.58. The van der Waals surface area contributed by atoms with Gasteiger partial charge < -0.3 is 25.6 Å². The van der Waals surface area contributed by atoms with Crippen LogP contribution in [-0.2, 0) is 6.61 Å². The molecule has 0 saturated carbocycles. The van der Waals surface area contributed by atoms with Crippen molar-refractivity contribution in [3.63, 3.8) is 0 Å². The molecule has 0 aliphatic rings. The summed E-state index contributed by atoms with van der Waals surface area (Å²) < 4.78 is 38.5. The van der Waals surface area contributed by atoms with E-state index in [-0.39, 0.29) is 28.3 Å². The van der Waals surface area contributed by atoms with E-state index in [1.807, 2.05) is 0 Å². The Morgan fingerprint density at radius 1 is 0.680 bits per heavy atom. The number of hydrogen-bond donors (Lipinski definition) is 4. The number of rotatable bonds is 11. The van der Waals surface area contributed by atoms with E-state index in [1.165, 1.54) is 58.4 Å². The standard InChI is InChI=1S/C31H20F2N10O7/c32-19-10-17(30(46)47)23(36-28(44)21-1-3-26(40-38-21)42-7-5-34-14-42)9-16(19)13-50-25-12-24(18(31(48)49)11-20(25)33)37-29(45)22-2-4-27(41-39-22)43-8-6-35-15-43/h1-12,14-15H,13H2,(H,36,44)(H,37,45)(H,46,47)(H,48,49). The maximum Gasteiger partial charge on any atom is 0.337 e. The normalized spacial score (nSPS) is 10.8. The highest BCUT2D eigenvalue weighted by atomic mass is 19.1. The number of halogens is 2. The summed E-state index contributed by atoms with van der Waals surface area (Å²) >= 11 is 0. The maximum absolute atomic E-state index is 15.0. The van der Waals surface area contributed by atoms with Crippen LogP contribution in [0.2, 0.25) is 0 Å². The summed E-state index contributed by atoms with van der Waals surface area (Å²) in [6, 6.07) is 8.67. The zero-order chi connectivity index (χ0) is 35.4. The Morgan fingerprint density at radius 3 is 1.62 bits per heavy atom. The number of benzene rings is 2. The third-order valence-corrected chi connectivity index (χ3v) is 6.90. The van der Waals surface area contributed by atoms with Crippen molar-refractivity contribution in [2.75, 3.05) is 10.6 Å². The van der Waals surface area contributed by atoms with E-state index in [1.54, 1.807) is 12.4 Å². The van der Waals surface area contributed by atoms with E-state index in [9.17, 15) is 33.8 Å². The molecule has 0 radical (unpaired) electrons. The molecule has 2 amide bonds. The summed E-state index contributed by atoms with van der Waals surface area (Å²) in [5, 5.41) is 39.4. The zero-order valence-electron chi connectivity index (χ0n) is 25.1. The molecule has 19 heteroatoms. The number of imidazole rings is 2. The molecule has 4 aromatic heterocycles. The lowest BCUT2D eigenvalue weighted by Gasteiger charge is -2.15. The Hall–Kier alpha value is -7.44. The smallest absolute Gasteiger partial charge is 0.337 e. The number of amides is 2. The molecule has 0 aliphatic carbocycles. The number of carboxylic acids is 2. The van der Waals surface area contributed by atoms with Gasteiger partial charge in [-0.2, -0.15) is 0 Å². The lowest BCUT2D eigenvalue weighted by molar-refractivity contribution is 0.0686. The van der Waals surface area contributed by atoms with E-state index in [0.29, 0.717) is 23.8 Å². The fraction of sp³-hybridized carbons (Fsp3) is 0.0323. The Balaban J connectivity index is 1.21. The third-order valence-electron chi connectivity index (χ3n) is 6.90. The predicted molar refractivity (Wildman–Crippen MR) is 165 cm³/mol. The van der Waals surface area contributed by atoms with Crippen molar-refractivity contribution >= 4 is 35.1 Å². The van der Waals surface area contributed by atoms with Crippen molar-refractivity contribution < 1.29 is 42.9 Å². The molecule has 17 nitrogen and oxygen atoms in total. The number of nitrogens with zero attached hydrogens (tertiary/aromatic N) is 8. The second-order valence-corrected chi connectivity index (χ2v) is 10.1. The number of anilines is 2. The number of hydrogen-bond acceptors (Lipinski definition) is 11. The van der Waals surface area contributed by atoms with Crippen molar-refractivity contribution in [2.45, 2.75) is 6.61 Å². The monoisotopic (exact) mass is 682 g/mol. The molecule has 4 N–H and O–H groups in total. The second kappa shape index (κ2) is 13.7. The van der Waals surface area contributed by atoms with Crippen LogP contribution in [0.4, 0.5) is 20.2 Å². The van der Waals surface area contributed by atoms with Crippen molar-refractivity contribution in [2.24, 2.45) is 0 Å². The summed E-state index contributed by atoms with van der Waals surface area (Å²) in [4.78, 5) is 57.3. The summed E-state index contributed by atoms with van der Waals surface area (Å²) in [7, 11) is 0. The molecule has 0 unspecified atom stereocenters. The SMILES string of the molecule is O=C(Nc1cc(COc2cc(NC(=O)c3ccc(-n4ccnc4)nn3)c(C(=O)O)cc2F)c(F)cc1C(=O)O)c1ccc(-n2ccnc2)nn1. The lowest BCUT2D eigenvalue weighted by Crippen LogP contribution is -2.18. The van der Waals surface area contributed by atoms with Crippen LogP contribution >= 0.6 is 0 Å². The van der Waals surface area contributed by atoms with Crippen LogP contribution in [0.5, 0.6) is 5.75 Å². The Labute approximate surface area is 277 Å².